The van der Waals surface area contributed by atoms with Crippen LogP contribution >= 0.6 is 0 Å². The second kappa shape index (κ2) is 37.4. The molecule has 5 rings (SSSR count). The van der Waals surface area contributed by atoms with Gasteiger partial charge in [-0.3, -0.25) is 62.9 Å². The van der Waals surface area contributed by atoms with Gasteiger partial charge in [-0.2, -0.15) is 0 Å². The molecular weight excluding hydrogens is 1200 g/mol. The number of nitrogens with zero attached hydrogens (tertiary/aromatic N) is 2. The summed E-state index contributed by atoms with van der Waals surface area (Å²) in [6.45, 7) is 6.40. The van der Waals surface area contributed by atoms with Crippen molar-refractivity contribution in [2.45, 2.75) is 172 Å². The van der Waals surface area contributed by atoms with Crippen LogP contribution in [0.3, 0.4) is 0 Å². The van der Waals surface area contributed by atoms with Crippen molar-refractivity contribution < 1.29 is 62.6 Å². The first-order valence-electron chi connectivity index (χ1n) is 31.2. The number of carboxylic acids is 1. The number of benzene rings is 2. The van der Waals surface area contributed by atoms with Crippen LogP contribution in [0.2, 0.25) is 0 Å². The maximum absolute atomic E-state index is 15.0. The number of likely N-dealkylation sites (tertiary alicyclic amines) is 1. The van der Waals surface area contributed by atoms with Crippen LogP contribution in [0.5, 0.6) is 0 Å². The van der Waals surface area contributed by atoms with E-state index in [1.54, 1.807) is 68.6 Å². The van der Waals surface area contributed by atoms with E-state index in [4.69, 9.17) is 22.6 Å². The number of unbranched alkanes of at least 4 members (excludes halogenated alkanes) is 2. The van der Waals surface area contributed by atoms with Crippen LogP contribution in [-0.4, -0.2) is 182 Å². The third-order valence-corrected chi connectivity index (χ3v) is 15.6. The third-order valence-electron chi connectivity index (χ3n) is 15.6. The van der Waals surface area contributed by atoms with E-state index in [1.807, 2.05) is 13.0 Å². The molecule has 0 aliphatic carbocycles. The lowest BCUT2D eigenvalue weighted by Crippen LogP contribution is -2.61. The summed E-state index contributed by atoms with van der Waals surface area (Å²) >= 11 is 0. The molecule has 1 fully saturated rings. The Morgan fingerprint density at radius 3 is 1.81 bits per heavy atom. The van der Waals surface area contributed by atoms with E-state index in [-0.39, 0.29) is 82.2 Å². The summed E-state index contributed by atoms with van der Waals surface area (Å²) in [4.78, 5) is 176. The number of amides is 11. The molecule has 1 aliphatic rings. The van der Waals surface area contributed by atoms with E-state index in [0.29, 0.717) is 60.6 Å². The molecule has 506 valence electrons. The highest BCUT2D eigenvalue weighted by Gasteiger charge is 2.38. The number of nitrogens with two attached hydrogens (primary N) is 3. The lowest BCUT2D eigenvalue weighted by molar-refractivity contribution is -0.141. The molecule has 0 saturated carbocycles. The number of hydrogen-bond acceptors (Lipinski definition) is 15. The summed E-state index contributed by atoms with van der Waals surface area (Å²) in [6.07, 6.45) is 5.66. The zero-order chi connectivity index (χ0) is 68.1. The number of guanidine groups is 1. The molecule has 93 heavy (non-hydrogen) atoms. The van der Waals surface area contributed by atoms with Crippen molar-refractivity contribution in [2.75, 3.05) is 26.2 Å². The maximum atomic E-state index is 15.0. The largest absolute Gasteiger partial charge is 0.481 e. The van der Waals surface area contributed by atoms with E-state index in [0.717, 1.165) is 0 Å². The fraction of sp³-hybridized carbons (Fsp3) is 0.516. The molecule has 1 aliphatic heterocycles. The lowest BCUT2D eigenvalue weighted by Gasteiger charge is -2.28. The summed E-state index contributed by atoms with van der Waals surface area (Å²) in [7, 11) is 0. The minimum absolute atomic E-state index is 0.0384. The standard InChI is InChI=1S/C62H90N18O13/c1-5-6-19-43(72-36(4)81)55(87)78-48(30-51(83)84)60(92)77-47(29-39-32-67-34-71-39)59(91)75-45(27-37-16-8-7-9-17-37)57(89)74-44(22-14-25-68-62(65)66)56(88)76-46(28-38-31-69-41-20-11-10-18-40(38)41)58(90)73-42(21-12-13-24-63)54(86)70-33-50(82)80-26-15-23-49(80)61(93)79-52(35(2)3)53(64)85/h7-11,16-18,20,31-32,34-35,42-49,52,69H,5-6,12-15,19,21-30,33,63H2,1-4H3,(H2,64,85)(H,67,71)(H,70,86)(H,72,81)(H,73,90)(H,74,89)(H,75,91)(H,76,88)(H,77,92)(H,78,87)(H,79,93)(H,83,84)(H4,65,66,68)/t42-,43-,44-,45+,46-,47-,48-,49-,52-/m0/s1. The van der Waals surface area contributed by atoms with E-state index in [9.17, 15) is 62.6 Å². The second-order valence-electron chi connectivity index (χ2n) is 23.2. The number of aromatic amines is 2. The van der Waals surface area contributed by atoms with Crippen LogP contribution in [0.25, 0.3) is 10.9 Å². The number of aromatic nitrogens is 3. The molecule has 9 atom stereocenters. The van der Waals surface area contributed by atoms with Gasteiger partial charge in [0.15, 0.2) is 5.96 Å². The van der Waals surface area contributed by atoms with Crippen molar-refractivity contribution in [3.63, 3.8) is 0 Å². The number of hydrogen-bond donors (Lipinski definition) is 17. The number of H-pyrrole nitrogens is 2. The number of imidazole rings is 1. The van der Waals surface area contributed by atoms with Crippen molar-refractivity contribution >= 4 is 87.8 Å². The number of carbonyl (C=O) groups is 12. The fourth-order valence-electron chi connectivity index (χ4n) is 10.7. The predicted octanol–water partition coefficient (Wildman–Crippen LogP) is -1.88. The molecule has 2 aromatic carbocycles. The van der Waals surface area contributed by atoms with Gasteiger partial charge in [-0.25, -0.2) is 4.98 Å². The molecule has 0 bridgehead atoms. The summed E-state index contributed by atoms with van der Waals surface area (Å²) in [5, 5.41) is 44.6. The van der Waals surface area contributed by atoms with Gasteiger partial charge in [0.25, 0.3) is 0 Å². The van der Waals surface area contributed by atoms with Gasteiger partial charge in [0.2, 0.25) is 65.0 Å². The Morgan fingerprint density at radius 1 is 0.656 bits per heavy atom. The molecule has 31 nitrogen and oxygen atoms in total. The monoisotopic (exact) mass is 1290 g/mol. The first kappa shape index (κ1) is 73.8. The van der Waals surface area contributed by atoms with E-state index < -0.39 is 138 Å². The number of carbonyl (C=O) groups excluding carboxylic acids is 11. The Kier molecular flexibility index (Phi) is 29.7. The van der Waals surface area contributed by atoms with Gasteiger partial charge in [0.05, 0.1) is 25.0 Å². The van der Waals surface area contributed by atoms with Crippen molar-refractivity contribution in [2.24, 2.45) is 23.1 Å². The lowest BCUT2D eigenvalue weighted by atomic mass is 10.0. The summed E-state index contributed by atoms with van der Waals surface area (Å²) in [5.41, 5.74) is 19.0. The average Bonchev–Trinajstić information content (AvgIpc) is 1.80. The smallest absolute Gasteiger partial charge is 0.305 e. The van der Waals surface area contributed by atoms with Crippen molar-refractivity contribution in [3.8, 4) is 0 Å². The highest BCUT2D eigenvalue weighted by Crippen LogP contribution is 2.21. The average molecular weight is 1300 g/mol. The molecular formula is C62H90N18O13. The molecule has 20 N–H and O–H groups in total. The predicted molar refractivity (Wildman–Crippen MR) is 341 cm³/mol. The van der Waals surface area contributed by atoms with Crippen LogP contribution in [0.1, 0.15) is 115 Å². The Labute approximate surface area is 538 Å². The Morgan fingerprint density at radius 2 is 1.22 bits per heavy atom. The Balaban J connectivity index is 1.44. The van der Waals surface area contributed by atoms with Crippen LogP contribution in [0, 0.1) is 11.3 Å². The molecule has 0 unspecified atom stereocenters. The topological polar surface area (TPSA) is 495 Å². The van der Waals surface area contributed by atoms with Gasteiger partial charge in [0, 0.05) is 62.6 Å². The van der Waals surface area contributed by atoms with Crippen LogP contribution < -0.4 is 70.4 Å². The number of carboxylic acid groups (broad SMARTS) is 1. The van der Waals surface area contributed by atoms with Gasteiger partial charge in [-0.1, -0.05) is 82.1 Å². The number of nitrogens with one attached hydrogen (secondary N) is 13. The first-order valence-corrected chi connectivity index (χ1v) is 31.2. The van der Waals surface area contributed by atoms with Gasteiger partial charge in [-0.15, -0.1) is 0 Å². The van der Waals surface area contributed by atoms with E-state index in [1.165, 1.54) is 24.3 Å². The molecule has 31 heteroatoms. The van der Waals surface area contributed by atoms with Crippen LogP contribution in [0.4, 0.5) is 0 Å². The third kappa shape index (κ3) is 24.0. The number of primary amides is 1. The quantitative estimate of drug-likeness (QED) is 0.0132. The first-order chi connectivity index (χ1) is 44.4. The van der Waals surface area contributed by atoms with Gasteiger partial charge in [0.1, 0.15) is 54.4 Å². The normalized spacial score (nSPS) is 15.3. The number of fused-ring (bicyclic) bond motifs is 1. The van der Waals surface area contributed by atoms with Crippen LogP contribution in [-0.2, 0) is 76.8 Å². The molecule has 1 saturated heterocycles. The summed E-state index contributed by atoms with van der Waals surface area (Å²) in [5.74, 6) is -11.0. The van der Waals surface area contributed by atoms with E-state index in [2.05, 4.69) is 68.1 Å². The highest BCUT2D eigenvalue weighted by molar-refractivity contribution is 5.99. The molecule has 0 spiro atoms. The molecule has 2 aromatic heterocycles. The van der Waals surface area contributed by atoms with Crippen LogP contribution in [0.15, 0.2) is 73.3 Å². The van der Waals surface area contributed by atoms with Gasteiger partial charge < -0.3 is 90.3 Å². The van der Waals surface area contributed by atoms with Gasteiger partial charge >= 0.3 is 5.97 Å². The molecule has 4 aromatic rings. The van der Waals surface area contributed by atoms with Crippen molar-refractivity contribution in [1.82, 2.24) is 73.0 Å². The Bertz CT molecular complexity index is 3210. The highest BCUT2D eigenvalue weighted by atomic mass is 16.4. The number of rotatable bonds is 39. The number of aliphatic carboxylic acids is 1. The minimum atomic E-state index is -1.76. The van der Waals surface area contributed by atoms with Crippen molar-refractivity contribution in [3.05, 3.63) is 90.1 Å². The number of para-hydroxylation sites is 1. The van der Waals surface area contributed by atoms with E-state index >= 15 is 0 Å². The minimum Gasteiger partial charge on any atom is -0.481 e. The maximum Gasteiger partial charge on any atom is 0.305 e. The summed E-state index contributed by atoms with van der Waals surface area (Å²) in [6, 6.07) is 3.49. The second-order valence-corrected chi connectivity index (χ2v) is 23.2. The summed E-state index contributed by atoms with van der Waals surface area (Å²) < 4.78 is 0. The molecule has 11 amide bonds. The zero-order valence-corrected chi connectivity index (χ0v) is 52.9. The SMILES string of the molecule is CCCC[C@H](NC(C)=O)C(=O)N[C@@H](CC(=O)O)C(=O)N[C@@H](Cc1c[nH]cn1)C(=O)N[C@H](Cc1ccccc1)C(=O)N[C@@H](CCCNC(=N)N)C(=O)N[C@@H](Cc1c[nH]c2ccccc12)C(=O)N[C@@H](CCCCN)C(=O)NCC(=O)N1CCC[C@H]1C(=O)N[C@H](C(N)=O)C(C)C. The zero-order valence-electron chi connectivity index (χ0n) is 52.9. The molecule has 3 heterocycles. The fourth-order valence-corrected chi connectivity index (χ4v) is 10.7. The Hall–Kier alpha value is -9.94. The molecule has 0 radical (unpaired) electrons. The van der Waals surface area contributed by atoms with Gasteiger partial charge in [-0.05, 0) is 81.0 Å². The van der Waals surface area contributed by atoms with Crippen molar-refractivity contribution in [1.29, 1.82) is 5.41 Å².